The van der Waals surface area contributed by atoms with Gasteiger partial charge in [-0.1, -0.05) is 30.3 Å². The summed E-state index contributed by atoms with van der Waals surface area (Å²) in [6.07, 6.45) is 3.74. The molecule has 0 unspecified atom stereocenters. The zero-order valence-corrected chi connectivity index (χ0v) is 19.8. The van der Waals surface area contributed by atoms with Crippen LogP contribution in [-0.4, -0.2) is 37.6 Å². The van der Waals surface area contributed by atoms with Gasteiger partial charge in [-0.3, -0.25) is 9.78 Å². The first-order valence-electron chi connectivity index (χ1n) is 10.4. The van der Waals surface area contributed by atoms with E-state index in [1.54, 1.807) is 22.4 Å². The van der Waals surface area contributed by atoms with Crippen molar-refractivity contribution in [1.29, 1.82) is 0 Å². The fourth-order valence-corrected chi connectivity index (χ4v) is 5.34. The van der Waals surface area contributed by atoms with Gasteiger partial charge < -0.3 is 4.90 Å². The highest BCUT2D eigenvalue weighted by atomic mass is 32.1. The van der Waals surface area contributed by atoms with E-state index < -0.39 is 0 Å². The van der Waals surface area contributed by atoms with Crippen LogP contribution in [0.3, 0.4) is 0 Å². The molecule has 0 saturated carbocycles. The summed E-state index contributed by atoms with van der Waals surface area (Å²) in [6.45, 7) is 2.31. The molecule has 4 heterocycles. The maximum absolute atomic E-state index is 13.3. The van der Waals surface area contributed by atoms with Gasteiger partial charge in [-0.15, -0.1) is 22.7 Å². The van der Waals surface area contributed by atoms with Crippen LogP contribution in [0.15, 0.2) is 78.4 Å². The highest BCUT2D eigenvalue weighted by Gasteiger charge is 2.22. The Labute approximate surface area is 199 Å². The van der Waals surface area contributed by atoms with Crippen LogP contribution in [0, 0.1) is 6.92 Å². The number of thiazole rings is 1. The molecular weight excluding hydrogens is 450 g/mol. The summed E-state index contributed by atoms with van der Waals surface area (Å²) >= 11 is 3.02. The van der Waals surface area contributed by atoms with Crippen LogP contribution in [0.2, 0.25) is 0 Å². The van der Waals surface area contributed by atoms with Gasteiger partial charge in [0, 0.05) is 31.5 Å². The Hall–Kier alpha value is -3.62. The summed E-state index contributed by atoms with van der Waals surface area (Å²) in [7, 11) is 1.82. The second kappa shape index (κ2) is 9.09. The molecule has 8 heteroatoms. The van der Waals surface area contributed by atoms with E-state index in [0.29, 0.717) is 11.4 Å². The van der Waals surface area contributed by atoms with Crippen molar-refractivity contribution in [2.45, 2.75) is 13.5 Å². The molecule has 0 aliphatic rings. The normalized spacial score (nSPS) is 11.0. The Morgan fingerprint density at radius 3 is 2.61 bits per heavy atom. The van der Waals surface area contributed by atoms with E-state index in [4.69, 9.17) is 5.10 Å². The number of hydrogen-bond acceptors (Lipinski definition) is 6. The lowest BCUT2D eigenvalue weighted by Crippen LogP contribution is -2.26. The van der Waals surface area contributed by atoms with Crippen molar-refractivity contribution in [1.82, 2.24) is 24.6 Å². The molecule has 0 spiro atoms. The molecule has 0 saturated heterocycles. The highest BCUT2D eigenvalue weighted by Crippen LogP contribution is 2.30. The number of hydrogen-bond donors (Lipinski definition) is 0. The standard InChI is InChI=1S/C25H21N5OS2/c1-17-23(33-24(27-17)20-11-6-7-13-26-20)25(31)29(2)15-18-16-30(19-9-4-3-5-10-19)28-22(18)21-12-8-14-32-21/h3-14,16H,15H2,1-2H3. The molecule has 5 aromatic rings. The predicted molar refractivity (Wildman–Crippen MR) is 133 cm³/mol. The van der Waals surface area contributed by atoms with E-state index in [0.717, 1.165) is 38.2 Å². The van der Waals surface area contributed by atoms with Gasteiger partial charge in [0.1, 0.15) is 15.6 Å². The predicted octanol–water partition coefficient (Wildman–Crippen LogP) is 5.70. The number of carbonyl (C=O) groups is 1. The molecule has 0 aliphatic carbocycles. The first kappa shape index (κ1) is 21.2. The highest BCUT2D eigenvalue weighted by molar-refractivity contribution is 7.17. The fraction of sp³-hybridized carbons (Fsp3) is 0.120. The lowest BCUT2D eigenvalue weighted by atomic mass is 10.2. The van der Waals surface area contributed by atoms with Gasteiger partial charge in [0.25, 0.3) is 5.91 Å². The van der Waals surface area contributed by atoms with Crippen LogP contribution in [-0.2, 0) is 6.54 Å². The van der Waals surface area contributed by atoms with Crippen LogP contribution in [0.25, 0.3) is 27.0 Å². The van der Waals surface area contributed by atoms with E-state index in [-0.39, 0.29) is 5.91 Å². The maximum atomic E-state index is 13.3. The van der Waals surface area contributed by atoms with Crippen molar-refractivity contribution in [3.8, 4) is 27.0 Å². The molecule has 0 N–H and O–H groups in total. The largest absolute Gasteiger partial charge is 0.336 e. The molecule has 0 atom stereocenters. The summed E-state index contributed by atoms with van der Waals surface area (Å²) in [5, 5.41) is 7.63. The lowest BCUT2D eigenvalue weighted by Gasteiger charge is -2.16. The third-order valence-electron chi connectivity index (χ3n) is 5.19. The SMILES string of the molecule is Cc1nc(-c2ccccn2)sc1C(=O)N(C)Cc1cn(-c2ccccc2)nc1-c1cccs1. The minimum atomic E-state index is -0.0585. The number of nitrogens with zero attached hydrogens (tertiary/aromatic N) is 5. The van der Waals surface area contributed by atoms with Crippen LogP contribution in [0.5, 0.6) is 0 Å². The molecule has 6 nitrogen and oxygen atoms in total. The Morgan fingerprint density at radius 2 is 1.88 bits per heavy atom. The van der Waals surface area contributed by atoms with Crippen molar-refractivity contribution in [2.75, 3.05) is 7.05 Å². The number of carbonyl (C=O) groups excluding carboxylic acids is 1. The zero-order valence-electron chi connectivity index (χ0n) is 18.2. The van der Waals surface area contributed by atoms with Gasteiger partial charge in [0.15, 0.2) is 0 Å². The van der Waals surface area contributed by atoms with Gasteiger partial charge in [-0.2, -0.15) is 5.10 Å². The summed E-state index contributed by atoms with van der Waals surface area (Å²) in [4.78, 5) is 25.7. The molecule has 4 aromatic heterocycles. The number of thiophene rings is 1. The number of para-hydroxylation sites is 1. The Balaban J connectivity index is 1.44. The van der Waals surface area contributed by atoms with Gasteiger partial charge in [-0.05, 0) is 42.6 Å². The topological polar surface area (TPSA) is 63.9 Å². The molecule has 0 fully saturated rings. The minimum Gasteiger partial charge on any atom is -0.336 e. The molecular formula is C25H21N5OS2. The second-order valence-electron chi connectivity index (χ2n) is 7.57. The van der Waals surface area contributed by atoms with Crippen molar-refractivity contribution in [2.24, 2.45) is 0 Å². The smallest absolute Gasteiger partial charge is 0.265 e. The fourth-order valence-electron chi connectivity index (χ4n) is 3.55. The van der Waals surface area contributed by atoms with Gasteiger partial charge in [0.2, 0.25) is 0 Å². The Bertz CT molecular complexity index is 1380. The number of benzene rings is 1. The lowest BCUT2D eigenvalue weighted by molar-refractivity contribution is 0.0789. The van der Waals surface area contributed by atoms with Crippen LogP contribution in [0.4, 0.5) is 0 Å². The minimum absolute atomic E-state index is 0.0585. The molecule has 164 valence electrons. The molecule has 1 aromatic carbocycles. The van der Waals surface area contributed by atoms with E-state index in [1.165, 1.54) is 11.3 Å². The first-order chi connectivity index (χ1) is 16.1. The van der Waals surface area contributed by atoms with E-state index in [1.807, 2.05) is 84.8 Å². The van der Waals surface area contributed by atoms with Crippen molar-refractivity contribution in [3.63, 3.8) is 0 Å². The summed E-state index contributed by atoms with van der Waals surface area (Å²) < 4.78 is 1.87. The molecule has 0 bridgehead atoms. The Morgan fingerprint density at radius 1 is 1.06 bits per heavy atom. The third kappa shape index (κ3) is 4.35. The molecule has 5 rings (SSSR count). The molecule has 0 radical (unpaired) electrons. The van der Waals surface area contributed by atoms with E-state index >= 15 is 0 Å². The molecule has 33 heavy (non-hydrogen) atoms. The zero-order chi connectivity index (χ0) is 22.8. The van der Waals surface area contributed by atoms with Gasteiger partial charge in [0.05, 0.1) is 22.0 Å². The number of amides is 1. The van der Waals surface area contributed by atoms with Crippen molar-refractivity contribution < 1.29 is 4.79 Å². The molecule has 0 aliphatic heterocycles. The number of rotatable bonds is 6. The Kier molecular flexibility index (Phi) is 5.85. The average molecular weight is 472 g/mol. The average Bonchev–Trinajstić information content (AvgIpc) is 3.60. The van der Waals surface area contributed by atoms with Crippen LogP contribution >= 0.6 is 22.7 Å². The summed E-state index contributed by atoms with van der Waals surface area (Å²) in [6, 6.07) is 19.8. The van der Waals surface area contributed by atoms with Crippen molar-refractivity contribution in [3.05, 3.63) is 94.6 Å². The first-order valence-corrected chi connectivity index (χ1v) is 12.1. The van der Waals surface area contributed by atoms with Gasteiger partial charge >= 0.3 is 0 Å². The second-order valence-corrected chi connectivity index (χ2v) is 9.52. The monoisotopic (exact) mass is 471 g/mol. The number of pyridine rings is 1. The van der Waals surface area contributed by atoms with E-state index in [9.17, 15) is 4.79 Å². The third-order valence-corrected chi connectivity index (χ3v) is 7.24. The maximum Gasteiger partial charge on any atom is 0.265 e. The molecule has 1 amide bonds. The van der Waals surface area contributed by atoms with Crippen molar-refractivity contribution >= 4 is 28.6 Å². The summed E-state index contributed by atoms with van der Waals surface area (Å²) in [5.74, 6) is -0.0585. The summed E-state index contributed by atoms with van der Waals surface area (Å²) in [5.41, 5.74) is 4.36. The number of aryl methyl sites for hydroxylation is 1. The quantitative estimate of drug-likeness (QED) is 0.319. The van der Waals surface area contributed by atoms with E-state index in [2.05, 4.69) is 16.0 Å². The van der Waals surface area contributed by atoms with Crippen LogP contribution < -0.4 is 0 Å². The van der Waals surface area contributed by atoms with Gasteiger partial charge in [-0.25, -0.2) is 9.67 Å². The number of aromatic nitrogens is 4. The van der Waals surface area contributed by atoms with Crippen LogP contribution in [0.1, 0.15) is 20.9 Å².